The van der Waals surface area contributed by atoms with E-state index in [1.165, 1.54) is 30.5 Å². The molecule has 0 fully saturated rings. The molecule has 0 saturated heterocycles. The summed E-state index contributed by atoms with van der Waals surface area (Å²) in [6.07, 6.45) is 3.24. The molecule has 6 aromatic rings. The van der Waals surface area contributed by atoms with Crippen LogP contribution in [-0.4, -0.2) is 66.3 Å². The second-order valence-corrected chi connectivity index (χ2v) is 13.9. The molecular formula is C38H30F4I2N2O8. The zero-order chi connectivity index (χ0) is 38.8. The van der Waals surface area contributed by atoms with E-state index in [1.807, 2.05) is 45.2 Å². The number of benzene rings is 4. The quantitative estimate of drug-likeness (QED) is 0.0333. The Morgan fingerprint density at radius 2 is 1.19 bits per heavy atom. The van der Waals surface area contributed by atoms with E-state index < -0.39 is 34.8 Å². The van der Waals surface area contributed by atoms with Crippen LogP contribution in [0.15, 0.2) is 83.0 Å². The molecule has 0 bridgehead atoms. The van der Waals surface area contributed by atoms with Gasteiger partial charge in [0.15, 0.2) is 47.2 Å². The topological polar surface area (TPSA) is 134 Å². The molecule has 0 atom stereocenters. The molecule has 0 aliphatic carbocycles. The van der Waals surface area contributed by atoms with Crippen LogP contribution in [0.3, 0.4) is 0 Å². The number of aromatic nitrogens is 2. The van der Waals surface area contributed by atoms with Crippen LogP contribution in [-0.2, 0) is 27.1 Å². The van der Waals surface area contributed by atoms with Crippen LogP contribution in [0.2, 0.25) is 0 Å². The van der Waals surface area contributed by atoms with Gasteiger partial charge >= 0.3 is 0 Å². The Labute approximate surface area is 332 Å². The summed E-state index contributed by atoms with van der Waals surface area (Å²) in [5, 5.41) is 8.75. The number of Topliss-reactive ketones (excluding diaryl/α,β-unsaturated/α-hetero) is 2. The molecule has 16 heteroatoms. The van der Waals surface area contributed by atoms with Crippen molar-refractivity contribution in [2.75, 3.05) is 39.6 Å². The molecule has 54 heavy (non-hydrogen) atoms. The Kier molecular flexibility index (Phi) is 14.7. The van der Waals surface area contributed by atoms with E-state index >= 15 is 4.39 Å². The number of rotatable bonds is 16. The van der Waals surface area contributed by atoms with Gasteiger partial charge < -0.3 is 28.2 Å². The van der Waals surface area contributed by atoms with Crippen molar-refractivity contribution in [1.29, 1.82) is 0 Å². The predicted octanol–water partition coefficient (Wildman–Crippen LogP) is 8.15. The highest BCUT2D eigenvalue weighted by Gasteiger charge is 2.24. The lowest BCUT2D eigenvalue weighted by Gasteiger charge is -2.12. The minimum Gasteiger partial charge on any atom is -0.499 e. The van der Waals surface area contributed by atoms with Crippen LogP contribution in [0.25, 0.3) is 22.2 Å². The third-order valence-corrected chi connectivity index (χ3v) is 9.21. The number of nitrogens with zero attached hydrogens (tertiary/aromatic N) is 2. The Morgan fingerprint density at radius 3 is 1.61 bits per heavy atom. The fourth-order valence-electron chi connectivity index (χ4n) is 5.30. The van der Waals surface area contributed by atoms with Gasteiger partial charge in [0.2, 0.25) is 0 Å². The van der Waals surface area contributed by atoms with Crippen molar-refractivity contribution in [2.45, 2.75) is 12.8 Å². The summed E-state index contributed by atoms with van der Waals surface area (Å²) >= 11 is 3.97. The lowest BCUT2D eigenvalue weighted by Crippen LogP contribution is -2.15. The molecule has 0 spiro atoms. The third-order valence-electron chi connectivity index (χ3n) is 7.87. The van der Waals surface area contributed by atoms with Gasteiger partial charge in [-0.25, -0.2) is 27.5 Å². The summed E-state index contributed by atoms with van der Waals surface area (Å²) < 4.78 is 85.3. The fourth-order valence-corrected chi connectivity index (χ4v) is 6.20. The van der Waals surface area contributed by atoms with Gasteiger partial charge in [-0.05, 0) is 92.7 Å². The largest absolute Gasteiger partial charge is 0.499 e. The maximum Gasteiger partial charge on any atom is 0.188 e. The minimum absolute atomic E-state index is 0.00206. The molecule has 2 heterocycles. The van der Waals surface area contributed by atoms with E-state index in [9.17, 15) is 22.8 Å². The van der Waals surface area contributed by atoms with Crippen LogP contribution in [0, 0.1) is 30.4 Å². The van der Waals surface area contributed by atoms with E-state index in [0.717, 1.165) is 16.4 Å². The standard InChI is InChI=1S/C20H16F2INO4.C18H14F2INO4/c1-2-26-5-6-27-10-17(25)14-9-18-20(24-11-28-18)19(22)15(14)7-12-3-4-13(23)8-16(12)21;19-14-6-11(21)2-1-10(14)5-13-12(15(24)8-25-4-3-23)7-16-18(17(13)20)22-9-26-16/h2-4,8-9,11H,1,5-7,10H2;1-2,6-7,9,23H,3-5,8H2. The van der Waals surface area contributed by atoms with E-state index in [-0.39, 0.29) is 108 Å². The van der Waals surface area contributed by atoms with Gasteiger partial charge in [0.05, 0.1) is 26.1 Å². The van der Waals surface area contributed by atoms with Gasteiger partial charge in [-0.1, -0.05) is 18.7 Å². The van der Waals surface area contributed by atoms with E-state index in [1.54, 1.807) is 24.3 Å². The van der Waals surface area contributed by atoms with E-state index in [2.05, 4.69) is 16.5 Å². The van der Waals surface area contributed by atoms with Gasteiger partial charge in [0.1, 0.15) is 42.5 Å². The summed E-state index contributed by atoms with van der Waals surface area (Å²) in [6.45, 7) is 2.97. The van der Waals surface area contributed by atoms with Crippen molar-refractivity contribution in [3.63, 3.8) is 0 Å². The number of carbonyl (C=O) groups excluding carboxylic acids is 2. The number of ketones is 2. The van der Waals surface area contributed by atoms with Crippen molar-refractivity contribution < 1.29 is 55.3 Å². The normalized spacial score (nSPS) is 11.1. The van der Waals surface area contributed by atoms with E-state index in [4.69, 9.17) is 28.2 Å². The van der Waals surface area contributed by atoms with Gasteiger partial charge in [0, 0.05) is 42.2 Å². The smallest absolute Gasteiger partial charge is 0.188 e. The predicted molar refractivity (Wildman–Crippen MR) is 205 cm³/mol. The molecule has 0 saturated carbocycles. The first-order valence-electron chi connectivity index (χ1n) is 16.0. The van der Waals surface area contributed by atoms with Crippen molar-refractivity contribution >= 4 is 78.9 Å². The van der Waals surface area contributed by atoms with Crippen LogP contribution in [0.4, 0.5) is 17.6 Å². The number of oxazole rings is 2. The molecule has 0 unspecified atom stereocenters. The number of hydrogen-bond acceptors (Lipinski definition) is 10. The molecule has 10 nitrogen and oxygen atoms in total. The van der Waals surface area contributed by atoms with Crippen molar-refractivity contribution in [2.24, 2.45) is 0 Å². The highest BCUT2D eigenvalue weighted by Crippen LogP contribution is 2.29. The maximum absolute atomic E-state index is 15.0. The molecule has 0 aliphatic heterocycles. The molecular weight excluding hydrogens is 942 g/mol. The zero-order valence-electron chi connectivity index (χ0n) is 28.2. The SMILES string of the molecule is C=COCCOCC(=O)c1cc2ocnc2c(F)c1Cc1ccc(I)cc1F.O=C(COCCO)c1cc2ocnc2c(F)c1Cc1ccc(I)cc1F. The Hall–Kier alpha value is -4.24. The van der Waals surface area contributed by atoms with Gasteiger partial charge in [-0.2, -0.15) is 0 Å². The average molecular weight is 972 g/mol. The molecule has 6 rings (SSSR count). The number of aliphatic hydroxyl groups excluding tert-OH is 1. The molecule has 4 aromatic carbocycles. The summed E-state index contributed by atoms with van der Waals surface area (Å²) in [7, 11) is 0. The second kappa shape index (κ2) is 19.4. The van der Waals surface area contributed by atoms with E-state index in [0.29, 0.717) is 3.57 Å². The molecule has 1 N–H and O–H groups in total. The first-order valence-corrected chi connectivity index (χ1v) is 18.2. The Balaban J connectivity index is 0.000000208. The van der Waals surface area contributed by atoms with Crippen molar-refractivity contribution in [1.82, 2.24) is 9.97 Å². The Bertz CT molecular complexity index is 2300. The third kappa shape index (κ3) is 10.1. The Morgan fingerprint density at radius 1 is 0.722 bits per heavy atom. The molecule has 2 aromatic heterocycles. The van der Waals surface area contributed by atoms with Crippen molar-refractivity contribution in [3.8, 4) is 0 Å². The number of fused-ring (bicyclic) bond motifs is 2. The lowest BCUT2D eigenvalue weighted by molar-refractivity contribution is 0.0637. The first kappa shape index (κ1) is 40.9. The lowest BCUT2D eigenvalue weighted by atomic mass is 9.95. The second-order valence-electron chi connectivity index (χ2n) is 11.4. The summed E-state index contributed by atoms with van der Waals surface area (Å²) in [5.74, 6) is -3.32. The number of ether oxygens (including phenoxy) is 3. The van der Waals surface area contributed by atoms with Gasteiger partial charge in [-0.15, -0.1) is 0 Å². The number of halogens is 6. The van der Waals surface area contributed by atoms with Crippen molar-refractivity contribution in [3.05, 3.63) is 138 Å². The number of hydrogen-bond donors (Lipinski definition) is 1. The van der Waals surface area contributed by atoms with Crippen LogP contribution in [0.1, 0.15) is 43.0 Å². The highest BCUT2D eigenvalue weighted by atomic mass is 127. The van der Waals surface area contributed by atoms with Gasteiger partial charge in [0.25, 0.3) is 0 Å². The molecule has 282 valence electrons. The van der Waals surface area contributed by atoms with Crippen LogP contribution < -0.4 is 0 Å². The maximum atomic E-state index is 15.0. The highest BCUT2D eigenvalue weighted by molar-refractivity contribution is 14.1. The molecule has 0 aliphatic rings. The van der Waals surface area contributed by atoms with Crippen LogP contribution in [0.5, 0.6) is 0 Å². The summed E-state index contributed by atoms with van der Waals surface area (Å²) in [6, 6.07) is 12.0. The van der Waals surface area contributed by atoms with Crippen LogP contribution >= 0.6 is 45.2 Å². The zero-order valence-corrected chi connectivity index (χ0v) is 32.5. The monoisotopic (exact) mass is 972 g/mol. The molecule has 0 radical (unpaired) electrons. The number of carbonyl (C=O) groups is 2. The fraction of sp³-hybridized carbons (Fsp3) is 0.211. The number of aliphatic hydroxyl groups is 1. The summed E-state index contributed by atoms with van der Waals surface area (Å²) in [4.78, 5) is 32.8. The molecule has 0 amide bonds. The summed E-state index contributed by atoms with van der Waals surface area (Å²) in [5.41, 5.74) is 0.988. The minimum atomic E-state index is -0.722. The first-order chi connectivity index (χ1) is 26.0. The average Bonchev–Trinajstić information content (AvgIpc) is 3.83. The van der Waals surface area contributed by atoms with Gasteiger partial charge in [-0.3, -0.25) is 9.59 Å².